The molecule has 2 aromatic heterocycles. The summed E-state index contributed by atoms with van der Waals surface area (Å²) < 4.78 is 11.6. The number of nitrogens with zero attached hydrogens (tertiary/aromatic N) is 2. The Morgan fingerprint density at radius 2 is 1.79 bits per heavy atom. The number of halogens is 1. The number of hydrogen-bond acceptors (Lipinski definition) is 7. The van der Waals surface area contributed by atoms with Crippen molar-refractivity contribution in [1.29, 1.82) is 0 Å². The predicted molar refractivity (Wildman–Crippen MR) is 141 cm³/mol. The van der Waals surface area contributed by atoms with Crippen molar-refractivity contribution in [3.05, 3.63) is 57.4 Å². The largest absolute Gasteiger partial charge is 1.00 e. The SMILES string of the molecule is Cc1ccc(CC(=O)C[C@H](CCC(=O)[O-])c2noc(-c3cc(C4C(C)(C)C4(C)C)on3)c2C2CC2)c(Cl)c1.[Na+]. The minimum absolute atomic E-state index is 0. The molecule has 0 unspecified atom stereocenters. The van der Waals surface area contributed by atoms with Gasteiger partial charge in [-0.3, -0.25) is 4.79 Å². The third-order valence-electron chi connectivity index (χ3n) is 8.96. The van der Waals surface area contributed by atoms with Gasteiger partial charge in [0.1, 0.15) is 11.5 Å². The summed E-state index contributed by atoms with van der Waals surface area (Å²) in [5.74, 6) is 0.279. The number of Topliss-reactive ketones (excluding diaryl/α,β-unsaturated/α-hetero) is 1. The number of hydrogen-bond donors (Lipinski definition) is 0. The third kappa shape index (κ3) is 5.92. The van der Waals surface area contributed by atoms with Crippen molar-refractivity contribution in [1.82, 2.24) is 10.3 Å². The average molecular weight is 561 g/mol. The van der Waals surface area contributed by atoms with E-state index >= 15 is 0 Å². The second-order valence-electron chi connectivity index (χ2n) is 12.2. The number of carbonyl (C=O) groups is 2. The summed E-state index contributed by atoms with van der Waals surface area (Å²) in [4.78, 5) is 24.5. The molecule has 0 bridgehead atoms. The van der Waals surface area contributed by atoms with E-state index in [0.717, 1.165) is 35.3 Å². The Bertz CT molecular complexity index is 1370. The number of carbonyl (C=O) groups excluding carboxylic acids is 2. The zero-order valence-corrected chi connectivity index (χ0v) is 26.4. The molecular formula is C30H34ClN2NaO5. The van der Waals surface area contributed by atoms with Crippen LogP contribution in [0.5, 0.6) is 0 Å². The predicted octanol–water partition coefficient (Wildman–Crippen LogP) is 3.14. The molecule has 0 aliphatic heterocycles. The van der Waals surface area contributed by atoms with Gasteiger partial charge in [-0.2, -0.15) is 0 Å². The molecule has 2 saturated carbocycles. The summed E-state index contributed by atoms with van der Waals surface area (Å²) in [5.41, 5.74) is 4.14. The van der Waals surface area contributed by atoms with Gasteiger partial charge < -0.3 is 18.9 Å². The second kappa shape index (κ2) is 11.2. The summed E-state index contributed by atoms with van der Waals surface area (Å²) >= 11 is 6.36. The first-order valence-corrected chi connectivity index (χ1v) is 13.7. The molecule has 9 heteroatoms. The number of aryl methyl sites for hydroxylation is 1. The molecule has 0 amide bonds. The third-order valence-corrected chi connectivity index (χ3v) is 9.31. The summed E-state index contributed by atoms with van der Waals surface area (Å²) in [5, 5.41) is 20.6. The zero-order valence-electron chi connectivity index (χ0n) is 23.6. The van der Waals surface area contributed by atoms with Crippen LogP contribution in [0.2, 0.25) is 5.02 Å². The maximum atomic E-state index is 13.2. The molecule has 39 heavy (non-hydrogen) atoms. The van der Waals surface area contributed by atoms with E-state index < -0.39 is 11.9 Å². The minimum Gasteiger partial charge on any atom is -0.550 e. The van der Waals surface area contributed by atoms with Gasteiger partial charge in [0.15, 0.2) is 11.5 Å². The van der Waals surface area contributed by atoms with Crippen molar-refractivity contribution >= 4 is 23.4 Å². The number of benzene rings is 1. The van der Waals surface area contributed by atoms with Crippen molar-refractivity contribution in [2.75, 3.05) is 0 Å². The zero-order chi connectivity index (χ0) is 27.4. The van der Waals surface area contributed by atoms with Crippen LogP contribution in [0.3, 0.4) is 0 Å². The van der Waals surface area contributed by atoms with Gasteiger partial charge in [-0.15, -0.1) is 0 Å². The molecule has 1 aromatic carbocycles. The molecule has 3 aromatic rings. The molecule has 5 rings (SSSR count). The van der Waals surface area contributed by atoms with Gasteiger partial charge in [-0.1, -0.05) is 61.7 Å². The Morgan fingerprint density at radius 3 is 2.38 bits per heavy atom. The number of rotatable bonds is 11. The first kappa shape index (κ1) is 30.0. The van der Waals surface area contributed by atoms with Crippen LogP contribution in [-0.2, 0) is 16.0 Å². The van der Waals surface area contributed by atoms with Crippen molar-refractivity contribution < 1.29 is 53.3 Å². The van der Waals surface area contributed by atoms with Crippen LogP contribution in [0.4, 0.5) is 0 Å². The van der Waals surface area contributed by atoms with E-state index in [1.54, 1.807) is 0 Å². The van der Waals surface area contributed by atoms with E-state index in [1.165, 1.54) is 0 Å². The van der Waals surface area contributed by atoms with Crippen LogP contribution in [0.15, 0.2) is 33.3 Å². The fourth-order valence-corrected chi connectivity index (χ4v) is 6.28. The van der Waals surface area contributed by atoms with Gasteiger partial charge in [0.05, 0.1) is 5.69 Å². The van der Waals surface area contributed by atoms with Gasteiger partial charge >= 0.3 is 29.6 Å². The molecule has 0 N–H and O–H groups in total. The molecule has 2 aliphatic rings. The first-order valence-electron chi connectivity index (χ1n) is 13.3. The summed E-state index contributed by atoms with van der Waals surface area (Å²) in [6, 6.07) is 7.56. The summed E-state index contributed by atoms with van der Waals surface area (Å²) in [7, 11) is 0. The van der Waals surface area contributed by atoms with Gasteiger partial charge in [0.2, 0.25) is 0 Å². The monoisotopic (exact) mass is 560 g/mol. The van der Waals surface area contributed by atoms with Crippen LogP contribution in [0.1, 0.15) is 106 Å². The van der Waals surface area contributed by atoms with Crippen LogP contribution >= 0.6 is 11.6 Å². The van der Waals surface area contributed by atoms with E-state index in [0.29, 0.717) is 22.2 Å². The summed E-state index contributed by atoms with van der Waals surface area (Å²) in [6.45, 7) is 10.9. The van der Waals surface area contributed by atoms with E-state index in [4.69, 9.17) is 20.6 Å². The Labute approximate surface area is 256 Å². The van der Waals surface area contributed by atoms with E-state index in [9.17, 15) is 14.7 Å². The maximum Gasteiger partial charge on any atom is 1.00 e. The molecule has 2 heterocycles. The quantitative estimate of drug-likeness (QED) is 0.331. The van der Waals surface area contributed by atoms with E-state index in [1.807, 2.05) is 31.2 Å². The molecule has 202 valence electrons. The number of carboxylic acid groups (broad SMARTS) is 1. The van der Waals surface area contributed by atoms with Gasteiger partial charge in [0.25, 0.3) is 0 Å². The average Bonchev–Trinajstić information content (AvgIpc) is 3.54. The van der Waals surface area contributed by atoms with Crippen LogP contribution in [0.25, 0.3) is 11.5 Å². The molecule has 2 fully saturated rings. The molecule has 1 atom stereocenters. The fourth-order valence-electron chi connectivity index (χ4n) is 5.98. The van der Waals surface area contributed by atoms with Gasteiger partial charge in [-0.05, 0) is 66.5 Å². The smallest absolute Gasteiger partial charge is 0.550 e. The second-order valence-corrected chi connectivity index (χ2v) is 12.6. The van der Waals surface area contributed by atoms with E-state index in [-0.39, 0.29) is 83.7 Å². The van der Waals surface area contributed by atoms with Crippen LogP contribution in [-0.4, -0.2) is 22.1 Å². The Hall–Kier alpha value is -1.93. The standard InChI is InChI=1S/C30H35ClN2O5.Na/c1-16-6-7-18(21(31)12-16)13-20(34)14-19(10-11-24(35)36)26-25(17-8-9-17)27(38-33-26)22-15-23(37-32-22)28-29(2,3)30(28,4)5;/h6-7,12,15,17,19,28H,8-11,13-14H2,1-5H3,(H,35,36);/q;+1/p-1/t19-;/m0./s1. The van der Waals surface area contributed by atoms with Gasteiger partial charge in [-0.25, -0.2) is 0 Å². The number of ketones is 1. The maximum absolute atomic E-state index is 13.2. The molecule has 0 radical (unpaired) electrons. The van der Waals surface area contributed by atoms with E-state index in [2.05, 4.69) is 38.0 Å². The molecular weight excluding hydrogens is 527 g/mol. The fraction of sp³-hybridized carbons (Fsp3) is 0.533. The van der Waals surface area contributed by atoms with Crippen molar-refractivity contribution in [2.45, 2.75) is 90.9 Å². The number of carboxylic acids is 1. The topological polar surface area (TPSA) is 109 Å². The molecule has 7 nitrogen and oxygen atoms in total. The Morgan fingerprint density at radius 1 is 1.10 bits per heavy atom. The molecule has 2 aliphatic carbocycles. The molecule has 0 saturated heterocycles. The van der Waals surface area contributed by atoms with Crippen LogP contribution < -0.4 is 34.7 Å². The van der Waals surface area contributed by atoms with Crippen molar-refractivity contribution in [3.63, 3.8) is 0 Å². The normalized spacial score (nSPS) is 18.4. The molecule has 0 spiro atoms. The minimum atomic E-state index is -1.16. The summed E-state index contributed by atoms with van der Waals surface area (Å²) in [6.07, 6.45) is 2.33. The van der Waals surface area contributed by atoms with Gasteiger partial charge in [0, 0.05) is 47.3 Å². The van der Waals surface area contributed by atoms with Crippen molar-refractivity contribution in [2.24, 2.45) is 10.8 Å². The van der Waals surface area contributed by atoms with Crippen LogP contribution in [0, 0.1) is 17.8 Å². The van der Waals surface area contributed by atoms with Crippen molar-refractivity contribution in [3.8, 4) is 11.5 Å². The number of aromatic nitrogens is 2. The Balaban J connectivity index is 0.00000353. The number of aliphatic carboxylic acids is 1. The Kier molecular flexibility index (Phi) is 8.59. The first-order chi connectivity index (χ1) is 17.9.